The van der Waals surface area contributed by atoms with Gasteiger partial charge in [-0.25, -0.2) is 0 Å². The third-order valence-electron chi connectivity index (χ3n) is 3.34. The summed E-state index contributed by atoms with van der Waals surface area (Å²) >= 11 is 4.94. The molecule has 0 bridgehead atoms. The van der Waals surface area contributed by atoms with Crippen molar-refractivity contribution in [1.29, 1.82) is 0 Å². The van der Waals surface area contributed by atoms with E-state index in [0.717, 1.165) is 22.4 Å². The minimum Gasteiger partial charge on any atom is -0.494 e. The quantitative estimate of drug-likeness (QED) is 0.663. The van der Waals surface area contributed by atoms with Crippen LogP contribution in [-0.2, 0) is 4.79 Å². The third-order valence-corrected chi connectivity index (χ3v) is 3.54. The first-order valence-electron chi connectivity index (χ1n) is 7.03. The second-order valence-corrected chi connectivity index (χ2v) is 5.71. The number of nitrogens with one attached hydrogen (secondary N) is 2. The maximum absolute atomic E-state index is 11.7. The first kappa shape index (κ1) is 15.5. The summed E-state index contributed by atoms with van der Waals surface area (Å²) in [5, 5.41) is 5.78. The Morgan fingerprint density at radius 2 is 2.05 bits per heavy atom. The average Bonchev–Trinajstić information content (AvgIpc) is 2.71. The van der Waals surface area contributed by atoms with E-state index >= 15 is 0 Å². The normalized spacial score (nSPS) is 16.3. The van der Waals surface area contributed by atoms with Crippen LogP contribution in [0.4, 0.5) is 0 Å². The first-order chi connectivity index (χ1) is 9.92. The molecule has 1 aromatic rings. The van der Waals surface area contributed by atoms with E-state index in [1.165, 1.54) is 0 Å². The fraction of sp³-hybridized carbons (Fsp3) is 0.375. The molecule has 0 aromatic heterocycles. The Bertz CT molecular complexity index is 621. The fourth-order valence-corrected chi connectivity index (χ4v) is 2.44. The molecule has 0 atom stereocenters. The number of rotatable bonds is 4. The van der Waals surface area contributed by atoms with Crippen molar-refractivity contribution in [3.8, 4) is 5.75 Å². The molecule has 1 fully saturated rings. The summed E-state index contributed by atoms with van der Waals surface area (Å²) in [6, 6.07) is 4.10. The molecule has 1 aliphatic rings. The number of thiocarbonyl (C=S) groups is 1. The van der Waals surface area contributed by atoms with Crippen LogP contribution >= 0.6 is 12.2 Å². The Balaban J connectivity index is 2.45. The van der Waals surface area contributed by atoms with E-state index < -0.39 is 0 Å². The van der Waals surface area contributed by atoms with Crippen LogP contribution in [0.1, 0.15) is 43.4 Å². The van der Waals surface area contributed by atoms with Crippen molar-refractivity contribution < 1.29 is 9.53 Å². The van der Waals surface area contributed by atoms with Crippen LogP contribution in [0, 0.1) is 6.92 Å². The van der Waals surface area contributed by atoms with Crippen molar-refractivity contribution in [3.63, 3.8) is 0 Å². The fourth-order valence-electron chi connectivity index (χ4n) is 2.24. The molecule has 0 saturated carbocycles. The molecule has 1 aromatic carbocycles. The summed E-state index contributed by atoms with van der Waals surface area (Å²) in [5.41, 5.74) is 3.66. The topological polar surface area (TPSA) is 50.4 Å². The van der Waals surface area contributed by atoms with Gasteiger partial charge in [-0.3, -0.25) is 10.1 Å². The molecule has 21 heavy (non-hydrogen) atoms. The summed E-state index contributed by atoms with van der Waals surface area (Å²) < 4.78 is 5.71. The van der Waals surface area contributed by atoms with E-state index in [0.29, 0.717) is 23.3 Å². The highest BCUT2D eigenvalue weighted by Gasteiger charge is 2.20. The largest absolute Gasteiger partial charge is 0.494 e. The number of carbonyl (C=O) groups excluding carboxylic acids is 1. The lowest BCUT2D eigenvalue weighted by atomic mass is 9.96. The second kappa shape index (κ2) is 6.26. The number of benzene rings is 1. The Hall–Kier alpha value is -1.88. The van der Waals surface area contributed by atoms with Crippen LogP contribution in [0.5, 0.6) is 5.75 Å². The van der Waals surface area contributed by atoms with Crippen molar-refractivity contribution in [2.24, 2.45) is 0 Å². The Morgan fingerprint density at radius 3 is 2.57 bits per heavy atom. The summed E-state index contributed by atoms with van der Waals surface area (Å²) in [4.78, 5) is 11.7. The maximum Gasteiger partial charge on any atom is 0.273 e. The number of ether oxygens (including phenoxy) is 1. The van der Waals surface area contributed by atoms with Crippen molar-refractivity contribution in [2.45, 2.75) is 33.6 Å². The van der Waals surface area contributed by atoms with Gasteiger partial charge in [0.25, 0.3) is 5.91 Å². The lowest BCUT2D eigenvalue weighted by Crippen LogP contribution is -2.21. The molecular weight excluding hydrogens is 284 g/mol. The molecule has 2 N–H and O–H groups in total. The zero-order valence-corrected chi connectivity index (χ0v) is 13.6. The van der Waals surface area contributed by atoms with Gasteiger partial charge < -0.3 is 10.1 Å². The Morgan fingerprint density at radius 1 is 1.33 bits per heavy atom. The molecule has 0 radical (unpaired) electrons. The number of hydrogen-bond acceptors (Lipinski definition) is 3. The van der Waals surface area contributed by atoms with Crippen LogP contribution in [0.2, 0.25) is 0 Å². The Kier molecular flexibility index (Phi) is 4.63. The van der Waals surface area contributed by atoms with Gasteiger partial charge >= 0.3 is 0 Å². The number of hydrogen-bond donors (Lipinski definition) is 2. The summed E-state index contributed by atoms with van der Waals surface area (Å²) in [6.07, 6.45) is 1.82. The lowest BCUT2D eigenvalue weighted by molar-refractivity contribution is -0.115. The SMILES string of the molecule is CCOc1cc(C)c(/C=C2/NC(=S)NC2=O)cc1C(C)C. The van der Waals surface area contributed by atoms with E-state index in [-0.39, 0.29) is 5.91 Å². The van der Waals surface area contributed by atoms with E-state index in [1.807, 2.05) is 26.0 Å². The molecule has 112 valence electrons. The summed E-state index contributed by atoms with van der Waals surface area (Å²) in [6.45, 7) is 8.87. The minimum atomic E-state index is -0.195. The smallest absolute Gasteiger partial charge is 0.273 e. The minimum absolute atomic E-state index is 0.195. The molecule has 1 aliphatic heterocycles. The van der Waals surface area contributed by atoms with E-state index in [4.69, 9.17) is 17.0 Å². The van der Waals surface area contributed by atoms with Gasteiger partial charge in [-0.15, -0.1) is 0 Å². The van der Waals surface area contributed by atoms with Gasteiger partial charge in [0.2, 0.25) is 0 Å². The average molecular weight is 304 g/mol. The van der Waals surface area contributed by atoms with Crippen molar-refractivity contribution >= 4 is 29.3 Å². The van der Waals surface area contributed by atoms with E-state index in [1.54, 1.807) is 0 Å². The van der Waals surface area contributed by atoms with Gasteiger partial charge in [-0.1, -0.05) is 13.8 Å². The predicted molar refractivity (Wildman–Crippen MR) is 88.3 cm³/mol. The molecule has 1 heterocycles. The van der Waals surface area contributed by atoms with Gasteiger partial charge in [0.1, 0.15) is 11.4 Å². The standard InChI is InChI=1S/C16H20N2O2S/c1-5-20-14-6-10(4)11(7-12(14)9(2)3)8-13-15(19)18-16(21)17-13/h6-9H,5H2,1-4H3,(H2,17,18,19,21)/b13-8+. The van der Waals surface area contributed by atoms with Crippen LogP contribution in [0.25, 0.3) is 6.08 Å². The molecular formula is C16H20N2O2S. The van der Waals surface area contributed by atoms with Crippen molar-refractivity contribution in [1.82, 2.24) is 10.6 Å². The predicted octanol–water partition coefficient (Wildman–Crippen LogP) is 2.86. The molecule has 0 aliphatic carbocycles. The molecule has 0 unspecified atom stereocenters. The molecule has 1 amide bonds. The zero-order chi connectivity index (χ0) is 15.6. The van der Waals surface area contributed by atoms with Crippen molar-refractivity contribution in [3.05, 3.63) is 34.5 Å². The molecule has 2 rings (SSSR count). The van der Waals surface area contributed by atoms with Gasteiger partial charge in [-0.2, -0.15) is 0 Å². The first-order valence-corrected chi connectivity index (χ1v) is 7.44. The summed E-state index contributed by atoms with van der Waals surface area (Å²) in [5.74, 6) is 1.06. The lowest BCUT2D eigenvalue weighted by Gasteiger charge is -2.16. The molecule has 1 saturated heterocycles. The van der Waals surface area contributed by atoms with Gasteiger partial charge in [0.15, 0.2) is 5.11 Å². The number of carbonyl (C=O) groups is 1. The van der Waals surface area contributed by atoms with Crippen LogP contribution in [0.3, 0.4) is 0 Å². The Labute approximate surface area is 130 Å². The second-order valence-electron chi connectivity index (χ2n) is 5.30. The van der Waals surface area contributed by atoms with Gasteiger partial charge in [0, 0.05) is 0 Å². The van der Waals surface area contributed by atoms with Crippen LogP contribution in [0.15, 0.2) is 17.8 Å². The third kappa shape index (κ3) is 3.42. The zero-order valence-electron chi connectivity index (χ0n) is 12.7. The van der Waals surface area contributed by atoms with Crippen LogP contribution < -0.4 is 15.4 Å². The monoisotopic (exact) mass is 304 g/mol. The van der Waals surface area contributed by atoms with Gasteiger partial charge in [0.05, 0.1) is 6.61 Å². The molecule has 5 heteroatoms. The molecule has 4 nitrogen and oxygen atoms in total. The van der Waals surface area contributed by atoms with E-state index in [2.05, 4.69) is 30.5 Å². The maximum atomic E-state index is 11.7. The van der Waals surface area contributed by atoms with Crippen LogP contribution in [-0.4, -0.2) is 17.6 Å². The highest BCUT2D eigenvalue weighted by molar-refractivity contribution is 7.80. The van der Waals surface area contributed by atoms with Crippen molar-refractivity contribution in [2.75, 3.05) is 6.61 Å². The van der Waals surface area contributed by atoms with Gasteiger partial charge in [-0.05, 0) is 66.9 Å². The summed E-state index contributed by atoms with van der Waals surface area (Å²) in [7, 11) is 0. The molecule has 0 spiro atoms. The highest BCUT2D eigenvalue weighted by atomic mass is 32.1. The number of amides is 1. The number of aryl methyl sites for hydroxylation is 1. The van der Waals surface area contributed by atoms with E-state index in [9.17, 15) is 4.79 Å². The highest BCUT2D eigenvalue weighted by Crippen LogP contribution is 2.30.